The van der Waals surface area contributed by atoms with Gasteiger partial charge in [0, 0.05) is 5.56 Å². The maximum Gasteiger partial charge on any atom is 0.355 e. The molecule has 2 heterocycles. The van der Waals surface area contributed by atoms with E-state index >= 15 is 0 Å². The van der Waals surface area contributed by atoms with Crippen LogP contribution in [-0.4, -0.2) is 17.6 Å². The quantitative estimate of drug-likeness (QED) is 0.508. The summed E-state index contributed by atoms with van der Waals surface area (Å²) in [4.78, 5) is 15.2. The van der Waals surface area contributed by atoms with E-state index in [9.17, 15) is 15.3 Å². The Hall–Kier alpha value is -2.23. The normalized spacial score (nSPS) is 18.3. The number of nitrogens with zero attached hydrogens (tertiary/aromatic N) is 2. The summed E-state index contributed by atoms with van der Waals surface area (Å²) in [6.07, 6.45) is 1.91. The molecule has 26 heavy (non-hydrogen) atoms. The van der Waals surface area contributed by atoms with Crippen LogP contribution >= 0.6 is 34.4 Å². The maximum absolute atomic E-state index is 12.3. The van der Waals surface area contributed by atoms with Crippen LogP contribution in [-0.2, 0) is 4.74 Å². The summed E-state index contributed by atoms with van der Waals surface area (Å²) < 4.78 is 5.71. The van der Waals surface area contributed by atoms with E-state index in [1.54, 1.807) is 18.7 Å². The third-order valence-corrected chi connectivity index (χ3v) is 6.04. The molecule has 3 rings (SSSR count). The lowest BCUT2D eigenvalue weighted by Crippen LogP contribution is -2.07. The standard InChI is InChI=1S/C19H14IN3O2S/c1-2-25-19(24)16-15(14(10-22)18(20)23-16)11-3-5-12(6-4-11)17-13(9-21)7-8-26-17/h3-8,13,17,23H,2H2,1H3. The van der Waals surface area contributed by atoms with Crippen molar-refractivity contribution in [2.75, 3.05) is 6.61 Å². The molecule has 130 valence electrons. The highest BCUT2D eigenvalue weighted by Crippen LogP contribution is 2.43. The molecule has 1 N–H and O–H groups in total. The second kappa shape index (κ2) is 7.98. The zero-order valence-corrected chi connectivity index (χ0v) is 16.8. The maximum atomic E-state index is 12.3. The van der Waals surface area contributed by atoms with Crippen LogP contribution in [0.25, 0.3) is 11.1 Å². The summed E-state index contributed by atoms with van der Waals surface area (Å²) in [7, 11) is 0. The fourth-order valence-corrected chi connectivity index (χ4v) is 4.58. The van der Waals surface area contributed by atoms with Gasteiger partial charge in [-0.05, 0) is 46.0 Å². The number of ether oxygens (including phenoxy) is 1. The number of nitrogens with one attached hydrogen (secondary N) is 1. The van der Waals surface area contributed by atoms with Crippen LogP contribution in [0.4, 0.5) is 0 Å². The molecule has 1 aromatic heterocycles. The second-order valence-electron chi connectivity index (χ2n) is 5.56. The van der Waals surface area contributed by atoms with E-state index < -0.39 is 5.97 Å². The Bertz CT molecular complexity index is 951. The molecule has 0 fully saturated rings. The molecule has 2 unspecified atom stereocenters. The number of H-pyrrole nitrogens is 1. The largest absolute Gasteiger partial charge is 0.461 e. The van der Waals surface area contributed by atoms with E-state index in [4.69, 9.17) is 4.74 Å². The molecule has 0 bridgehead atoms. The Kier molecular flexibility index (Phi) is 5.70. The first-order valence-electron chi connectivity index (χ1n) is 7.91. The molecule has 2 atom stereocenters. The van der Waals surface area contributed by atoms with Gasteiger partial charge in [-0.25, -0.2) is 4.79 Å². The first-order valence-corrected chi connectivity index (χ1v) is 9.93. The van der Waals surface area contributed by atoms with Gasteiger partial charge in [-0.3, -0.25) is 0 Å². The van der Waals surface area contributed by atoms with Crippen LogP contribution in [0.2, 0.25) is 0 Å². The summed E-state index contributed by atoms with van der Waals surface area (Å²) in [5, 5.41) is 20.8. The number of halogens is 1. The highest BCUT2D eigenvalue weighted by Gasteiger charge is 2.26. The number of hydrogen-bond donors (Lipinski definition) is 1. The molecule has 1 aliphatic rings. The molecule has 0 saturated heterocycles. The van der Waals surface area contributed by atoms with Crippen LogP contribution in [0, 0.1) is 32.3 Å². The Morgan fingerprint density at radius 1 is 1.35 bits per heavy atom. The number of rotatable bonds is 4. The number of esters is 1. The molecule has 0 amide bonds. The molecule has 1 aromatic carbocycles. The van der Waals surface area contributed by atoms with E-state index in [0.29, 0.717) is 14.8 Å². The lowest BCUT2D eigenvalue weighted by Gasteiger charge is -2.14. The second-order valence-corrected chi connectivity index (χ2v) is 7.69. The van der Waals surface area contributed by atoms with E-state index in [1.165, 1.54) is 0 Å². The van der Waals surface area contributed by atoms with Crippen LogP contribution in [0.15, 0.2) is 35.7 Å². The van der Waals surface area contributed by atoms with Gasteiger partial charge in [0.05, 0.1) is 33.1 Å². The molecule has 5 nitrogen and oxygen atoms in total. The summed E-state index contributed by atoms with van der Waals surface area (Å²) in [6.45, 7) is 2.00. The number of aromatic amines is 1. The van der Waals surface area contributed by atoms with Crippen LogP contribution in [0.5, 0.6) is 0 Å². The van der Waals surface area contributed by atoms with Crippen molar-refractivity contribution in [2.45, 2.75) is 12.2 Å². The van der Waals surface area contributed by atoms with Crippen molar-refractivity contribution in [2.24, 2.45) is 5.92 Å². The van der Waals surface area contributed by atoms with Crippen molar-refractivity contribution >= 4 is 40.3 Å². The first-order chi connectivity index (χ1) is 12.6. The topological polar surface area (TPSA) is 89.7 Å². The van der Waals surface area contributed by atoms with Gasteiger partial charge in [-0.1, -0.05) is 30.3 Å². The summed E-state index contributed by atoms with van der Waals surface area (Å²) in [5.41, 5.74) is 3.06. The third kappa shape index (κ3) is 3.37. The van der Waals surface area contributed by atoms with Crippen LogP contribution in [0.3, 0.4) is 0 Å². The van der Waals surface area contributed by atoms with Gasteiger partial charge < -0.3 is 9.72 Å². The number of aromatic nitrogens is 1. The minimum Gasteiger partial charge on any atom is -0.461 e. The van der Waals surface area contributed by atoms with Crippen molar-refractivity contribution in [1.29, 1.82) is 10.5 Å². The van der Waals surface area contributed by atoms with E-state index in [0.717, 1.165) is 11.1 Å². The number of hydrogen-bond acceptors (Lipinski definition) is 5. The van der Waals surface area contributed by atoms with E-state index in [-0.39, 0.29) is 23.5 Å². The van der Waals surface area contributed by atoms with Crippen molar-refractivity contribution in [1.82, 2.24) is 4.98 Å². The number of benzene rings is 1. The van der Waals surface area contributed by atoms with E-state index in [1.807, 2.05) is 58.3 Å². The van der Waals surface area contributed by atoms with Gasteiger partial charge in [-0.2, -0.15) is 10.5 Å². The fraction of sp³-hybridized carbons (Fsp3) is 0.211. The smallest absolute Gasteiger partial charge is 0.355 e. The first kappa shape index (κ1) is 18.6. The highest BCUT2D eigenvalue weighted by atomic mass is 127. The average molecular weight is 475 g/mol. The summed E-state index contributed by atoms with van der Waals surface area (Å²) >= 11 is 3.63. The Morgan fingerprint density at radius 3 is 2.69 bits per heavy atom. The van der Waals surface area contributed by atoms with Gasteiger partial charge in [-0.15, -0.1) is 11.8 Å². The van der Waals surface area contributed by atoms with Crippen molar-refractivity contribution < 1.29 is 9.53 Å². The van der Waals surface area contributed by atoms with Gasteiger partial charge in [0.15, 0.2) is 0 Å². The third-order valence-electron chi connectivity index (χ3n) is 4.06. The average Bonchev–Trinajstić information content (AvgIpc) is 3.25. The number of allylic oxidation sites excluding steroid dienone is 1. The minimum atomic E-state index is -0.480. The number of nitriles is 2. The highest BCUT2D eigenvalue weighted by molar-refractivity contribution is 14.1. The Morgan fingerprint density at radius 2 is 2.08 bits per heavy atom. The Balaban J connectivity index is 2.01. The monoisotopic (exact) mass is 475 g/mol. The van der Waals surface area contributed by atoms with Crippen LogP contribution in [0.1, 0.15) is 33.8 Å². The lowest BCUT2D eigenvalue weighted by atomic mass is 9.96. The minimum absolute atomic E-state index is 0.0698. The lowest BCUT2D eigenvalue weighted by molar-refractivity contribution is 0.0521. The molecule has 1 aliphatic heterocycles. The van der Waals surface area contributed by atoms with Crippen LogP contribution < -0.4 is 0 Å². The summed E-state index contributed by atoms with van der Waals surface area (Å²) in [6, 6.07) is 12.1. The predicted octanol–water partition coefficient (Wildman–Crippen LogP) is 4.78. The molecular formula is C19H14IN3O2S. The van der Waals surface area contributed by atoms with Crippen molar-refractivity contribution in [3.05, 3.63) is 56.3 Å². The molecule has 2 aromatic rings. The molecule has 0 saturated carbocycles. The zero-order chi connectivity index (χ0) is 18.7. The van der Waals surface area contributed by atoms with E-state index in [2.05, 4.69) is 17.1 Å². The van der Waals surface area contributed by atoms with Crippen molar-refractivity contribution in [3.8, 4) is 23.3 Å². The number of thioether (sulfide) groups is 1. The zero-order valence-electron chi connectivity index (χ0n) is 13.8. The number of carbonyl (C=O) groups excluding carboxylic acids is 1. The molecular weight excluding hydrogens is 461 g/mol. The van der Waals surface area contributed by atoms with Gasteiger partial charge in [0.2, 0.25) is 0 Å². The van der Waals surface area contributed by atoms with Gasteiger partial charge in [0.1, 0.15) is 11.8 Å². The molecule has 0 aliphatic carbocycles. The summed E-state index contributed by atoms with van der Waals surface area (Å²) in [5.74, 6) is -0.630. The SMILES string of the molecule is CCOC(=O)c1[nH]c(I)c(C#N)c1-c1ccc(C2SC=CC2C#N)cc1. The number of carbonyl (C=O) groups is 1. The molecule has 0 radical (unpaired) electrons. The fourth-order valence-electron chi connectivity index (χ4n) is 2.86. The molecule has 0 spiro atoms. The van der Waals surface area contributed by atoms with Gasteiger partial charge >= 0.3 is 5.97 Å². The Labute approximate surface area is 169 Å². The molecule has 7 heteroatoms. The predicted molar refractivity (Wildman–Crippen MR) is 108 cm³/mol. The van der Waals surface area contributed by atoms with Gasteiger partial charge in [0.25, 0.3) is 0 Å². The van der Waals surface area contributed by atoms with Crippen molar-refractivity contribution in [3.63, 3.8) is 0 Å².